The second-order valence-electron chi connectivity index (χ2n) is 8.38. The molecule has 1 saturated heterocycles. The summed E-state index contributed by atoms with van der Waals surface area (Å²) in [6, 6.07) is 8.81. The lowest BCUT2D eigenvalue weighted by atomic mass is 9.94. The van der Waals surface area contributed by atoms with E-state index >= 15 is 0 Å². The fourth-order valence-corrected chi connectivity index (χ4v) is 6.39. The Morgan fingerprint density at radius 3 is 2.44 bits per heavy atom. The quantitative estimate of drug-likeness (QED) is 0.613. The molecule has 2 aliphatic heterocycles. The van der Waals surface area contributed by atoms with Crippen LogP contribution < -0.4 is 4.90 Å². The smallest absolute Gasteiger partial charge is 0.259 e. The molecule has 0 spiro atoms. The van der Waals surface area contributed by atoms with Crippen LogP contribution >= 0.6 is 23.2 Å². The Hall–Kier alpha value is -1.64. The van der Waals surface area contributed by atoms with Gasteiger partial charge in [0.2, 0.25) is 10.0 Å². The number of benzene rings is 2. The number of sulfonamides is 1. The van der Waals surface area contributed by atoms with Crippen molar-refractivity contribution in [1.82, 2.24) is 4.31 Å². The van der Waals surface area contributed by atoms with Crippen LogP contribution in [0.4, 0.5) is 5.69 Å². The molecule has 1 amide bonds. The molecule has 0 bridgehead atoms. The van der Waals surface area contributed by atoms with Gasteiger partial charge in [-0.2, -0.15) is 4.31 Å². The minimum absolute atomic E-state index is 0.00124. The Morgan fingerprint density at radius 1 is 1.03 bits per heavy atom. The average molecular weight is 497 g/mol. The van der Waals surface area contributed by atoms with Crippen LogP contribution in [0.25, 0.3) is 0 Å². The van der Waals surface area contributed by atoms with Gasteiger partial charge in [0.15, 0.2) is 0 Å². The number of hydrogen-bond donors (Lipinski definition) is 0. The number of aryl methyl sites for hydroxylation is 1. The van der Waals surface area contributed by atoms with Gasteiger partial charge in [-0.25, -0.2) is 8.42 Å². The average Bonchev–Trinajstić information content (AvgIpc) is 2.78. The number of carbonyl (C=O) groups excluding carboxylic acids is 1. The lowest BCUT2D eigenvalue weighted by molar-refractivity contribution is 0.0730. The molecular formula is C23H26Cl2N2O4S. The summed E-state index contributed by atoms with van der Waals surface area (Å²) >= 11 is 12.7. The molecule has 9 heteroatoms. The molecule has 0 unspecified atom stereocenters. The molecule has 0 radical (unpaired) electrons. The SMILES string of the molecule is CC(C)c1ccc2c(c1)CCCN2C(=O)c1cc(S(=O)(=O)N2CCOCC2)c(Cl)cc1Cl. The molecule has 6 nitrogen and oxygen atoms in total. The fourth-order valence-electron chi connectivity index (χ4n) is 4.15. The zero-order valence-electron chi connectivity index (χ0n) is 18.1. The normalized spacial score (nSPS) is 17.5. The van der Waals surface area contributed by atoms with Crippen LogP contribution in [0.3, 0.4) is 0 Å². The third-order valence-corrected chi connectivity index (χ3v) is 8.65. The molecule has 4 rings (SSSR count). The molecule has 0 atom stereocenters. The summed E-state index contributed by atoms with van der Waals surface area (Å²) in [6.07, 6.45) is 1.72. The summed E-state index contributed by atoms with van der Waals surface area (Å²) in [6.45, 7) is 5.93. The number of carbonyl (C=O) groups is 1. The third-order valence-electron chi connectivity index (χ3n) is 5.97. The van der Waals surface area contributed by atoms with Crippen LogP contribution in [0.15, 0.2) is 35.2 Å². The Bertz CT molecular complexity index is 1140. The van der Waals surface area contributed by atoms with Crippen LogP contribution in [-0.4, -0.2) is 51.5 Å². The van der Waals surface area contributed by atoms with Crippen molar-refractivity contribution in [3.8, 4) is 0 Å². The Labute approximate surface area is 199 Å². The van der Waals surface area contributed by atoms with Gasteiger partial charge in [0.1, 0.15) is 4.90 Å². The lowest BCUT2D eigenvalue weighted by Gasteiger charge is -2.31. The fraction of sp³-hybridized carbons (Fsp3) is 0.435. The van der Waals surface area contributed by atoms with Crippen LogP contribution in [0, 0.1) is 0 Å². The number of ether oxygens (including phenoxy) is 1. The van der Waals surface area contributed by atoms with Gasteiger partial charge in [-0.15, -0.1) is 0 Å². The number of fused-ring (bicyclic) bond motifs is 1. The molecule has 0 saturated carbocycles. The predicted octanol–water partition coefficient (Wildman–Crippen LogP) is 4.73. The molecule has 2 heterocycles. The largest absolute Gasteiger partial charge is 0.379 e. The van der Waals surface area contributed by atoms with Crippen LogP contribution in [0.5, 0.6) is 0 Å². The highest BCUT2D eigenvalue weighted by molar-refractivity contribution is 7.89. The van der Waals surface area contributed by atoms with Gasteiger partial charge in [0.25, 0.3) is 5.91 Å². The monoisotopic (exact) mass is 496 g/mol. The van der Waals surface area contributed by atoms with E-state index in [1.54, 1.807) is 4.90 Å². The topological polar surface area (TPSA) is 66.9 Å². The van der Waals surface area contributed by atoms with Crippen LogP contribution in [0.2, 0.25) is 10.0 Å². The molecule has 32 heavy (non-hydrogen) atoms. The molecule has 172 valence electrons. The highest BCUT2D eigenvalue weighted by Crippen LogP contribution is 2.35. The lowest BCUT2D eigenvalue weighted by Crippen LogP contribution is -2.41. The van der Waals surface area contributed by atoms with E-state index in [-0.39, 0.29) is 39.5 Å². The maximum atomic E-state index is 13.5. The molecule has 1 fully saturated rings. The summed E-state index contributed by atoms with van der Waals surface area (Å²) in [5, 5.41) is 0.130. The third kappa shape index (κ3) is 4.41. The van der Waals surface area contributed by atoms with Crippen LogP contribution in [0.1, 0.15) is 47.7 Å². The second-order valence-corrected chi connectivity index (χ2v) is 11.1. The first-order valence-electron chi connectivity index (χ1n) is 10.7. The van der Waals surface area contributed by atoms with E-state index in [2.05, 4.69) is 19.9 Å². The van der Waals surface area contributed by atoms with Crippen molar-refractivity contribution in [3.63, 3.8) is 0 Å². The summed E-state index contributed by atoms with van der Waals surface area (Å²) in [7, 11) is -3.88. The Kier molecular flexibility index (Phi) is 6.84. The molecule has 2 aromatic rings. The maximum Gasteiger partial charge on any atom is 0.259 e. The molecule has 0 N–H and O–H groups in total. The highest BCUT2D eigenvalue weighted by Gasteiger charge is 2.32. The van der Waals surface area contributed by atoms with Crippen molar-refractivity contribution in [1.29, 1.82) is 0 Å². The number of anilines is 1. The molecule has 2 aromatic carbocycles. The van der Waals surface area contributed by atoms with Crippen LogP contribution in [-0.2, 0) is 21.2 Å². The molecule has 0 aliphatic carbocycles. The van der Waals surface area contributed by atoms with E-state index < -0.39 is 10.0 Å². The van der Waals surface area contributed by atoms with Crippen molar-refractivity contribution < 1.29 is 17.9 Å². The minimum atomic E-state index is -3.88. The zero-order valence-corrected chi connectivity index (χ0v) is 20.4. The number of nitrogens with zero attached hydrogens (tertiary/aromatic N) is 2. The zero-order chi connectivity index (χ0) is 23.0. The summed E-state index contributed by atoms with van der Waals surface area (Å²) < 4.78 is 33.0. The summed E-state index contributed by atoms with van der Waals surface area (Å²) in [5.41, 5.74) is 3.31. The van der Waals surface area contributed by atoms with Gasteiger partial charge >= 0.3 is 0 Å². The minimum Gasteiger partial charge on any atom is -0.379 e. The van der Waals surface area contributed by atoms with E-state index in [0.717, 1.165) is 24.1 Å². The molecule has 0 aromatic heterocycles. The van der Waals surface area contributed by atoms with Crippen molar-refractivity contribution in [2.45, 2.75) is 37.5 Å². The van der Waals surface area contributed by atoms with Gasteiger partial charge < -0.3 is 9.64 Å². The van der Waals surface area contributed by atoms with Crippen molar-refractivity contribution in [2.75, 3.05) is 37.7 Å². The Morgan fingerprint density at radius 2 is 1.75 bits per heavy atom. The second kappa shape index (κ2) is 9.31. The predicted molar refractivity (Wildman–Crippen MR) is 127 cm³/mol. The van der Waals surface area contributed by atoms with E-state index in [4.69, 9.17) is 27.9 Å². The van der Waals surface area contributed by atoms with E-state index in [1.807, 2.05) is 12.1 Å². The number of rotatable bonds is 4. The van der Waals surface area contributed by atoms with Gasteiger partial charge in [0.05, 0.1) is 28.8 Å². The van der Waals surface area contributed by atoms with E-state index in [0.29, 0.717) is 25.7 Å². The standard InChI is InChI=1S/C23H26Cl2N2O4S/c1-15(2)16-5-6-21-17(12-16)4-3-7-27(21)23(28)18-13-22(20(25)14-19(18)24)32(29,30)26-8-10-31-11-9-26/h5-6,12-15H,3-4,7-11H2,1-2H3. The van der Waals surface area contributed by atoms with Gasteiger partial charge in [0, 0.05) is 25.3 Å². The first-order valence-corrected chi connectivity index (χ1v) is 12.9. The van der Waals surface area contributed by atoms with Crippen molar-refractivity contribution >= 4 is 44.8 Å². The first kappa shape index (κ1) is 23.5. The Balaban J connectivity index is 1.72. The highest BCUT2D eigenvalue weighted by atomic mass is 35.5. The van der Waals surface area contributed by atoms with Gasteiger partial charge in [-0.05, 0) is 48.1 Å². The molecular weight excluding hydrogens is 471 g/mol. The number of hydrogen-bond acceptors (Lipinski definition) is 4. The number of morpholine rings is 1. The summed E-state index contributed by atoms with van der Waals surface area (Å²) in [4.78, 5) is 15.1. The van der Waals surface area contributed by atoms with E-state index in [1.165, 1.54) is 22.0 Å². The van der Waals surface area contributed by atoms with Crippen molar-refractivity contribution in [3.05, 3.63) is 57.1 Å². The summed E-state index contributed by atoms with van der Waals surface area (Å²) in [5.74, 6) is 0.0633. The van der Waals surface area contributed by atoms with Gasteiger partial charge in [-0.3, -0.25) is 4.79 Å². The number of halogens is 2. The number of amides is 1. The van der Waals surface area contributed by atoms with E-state index in [9.17, 15) is 13.2 Å². The molecule has 2 aliphatic rings. The maximum absolute atomic E-state index is 13.5. The van der Waals surface area contributed by atoms with Crippen molar-refractivity contribution in [2.24, 2.45) is 0 Å². The van der Waals surface area contributed by atoms with Gasteiger partial charge in [-0.1, -0.05) is 49.2 Å². The first-order chi connectivity index (χ1) is 15.2.